The highest BCUT2D eigenvalue weighted by Gasteiger charge is 2.29. The van der Waals surface area contributed by atoms with Crippen LogP contribution in [0.15, 0.2) is 36.9 Å². The third-order valence-electron chi connectivity index (χ3n) is 2.50. The quantitative estimate of drug-likeness (QED) is 0.611. The fourth-order valence-corrected chi connectivity index (χ4v) is 1.43. The molecular weight excluding hydrogens is 260 g/mol. The first kappa shape index (κ1) is 15.8. The lowest BCUT2D eigenvalue weighted by atomic mass is 10.1. The molecule has 1 aromatic rings. The minimum absolute atomic E-state index is 0.0958. The molecule has 5 heteroatoms. The molecule has 0 radical (unpaired) electrons. The van der Waals surface area contributed by atoms with E-state index in [9.17, 15) is 9.59 Å². The molecule has 20 heavy (non-hydrogen) atoms. The summed E-state index contributed by atoms with van der Waals surface area (Å²) < 4.78 is 10.3. The molecule has 1 rings (SSSR count). The number of benzene rings is 1. The molecule has 0 atom stereocenters. The first-order valence-corrected chi connectivity index (χ1v) is 6.13. The second-order valence-electron chi connectivity index (χ2n) is 4.71. The van der Waals surface area contributed by atoms with Crippen LogP contribution in [-0.2, 0) is 20.7 Å². The van der Waals surface area contributed by atoms with Crippen LogP contribution in [0.4, 0.5) is 0 Å². The van der Waals surface area contributed by atoms with Gasteiger partial charge in [0.2, 0.25) is 0 Å². The van der Waals surface area contributed by atoms with Gasteiger partial charge in [-0.1, -0.05) is 24.8 Å². The molecule has 5 nitrogen and oxygen atoms in total. The monoisotopic (exact) mass is 278 g/mol. The molecule has 1 N–H and O–H groups in total. The van der Waals surface area contributed by atoms with Crippen molar-refractivity contribution in [1.29, 1.82) is 0 Å². The van der Waals surface area contributed by atoms with E-state index >= 15 is 0 Å². The average Bonchev–Trinajstić information content (AvgIpc) is 2.36. The van der Waals surface area contributed by atoms with Crippen LogP contribution >= 0.6 is 0 Å². The molecule has 0 saturated heterocycles. The molecule has 0 aliphatic carbocycles. The van der Waals surface area contributed by atoms with Gasteiger partial charge in [-0.25, -0.2) is 4.79 Å². The molecule has 0 spiro atoms. The Morgan fingerprint density at radius 2 is 2.10 bits per heavy atom. The van der Waals surface area contributed by atoms with E-state index in [1.54, 1.807) is 24.3 Å². The van der Waals surface area contributed by atoms with Crippen molar-refractivity contribution >= 4 is 11.9 Å². The topological polar surface area (TPSA) is 72.8 Å². The fraction of sp³-hybridized carbons (Fsp3) is 0.333. The highest BCUT2D eigenvalue weighted by Crippen LogP contribution is 2.20. The maximum absolute atomic E-state index is 11.5. The third kappa shape index (κ3) is 4.76. The zero-order valence-electron chi connectivity index (χ0n) is 11.6. The summed E-state index contributed by atoms with van der Waals surface area (Å²) in [5, 5.41) is 9.01. The average molecular weight is 278 g/mol. The van der Waals surface area contributed by atoms with Crippen LogP contribution in [-0.4, -0.2) is 29.3 Å². The Kier molecular flexibility index (Phi) is 5.32. The second kappa shape index (κ2) is 6.75. The Hall–Kier alpha value is -2.30. The predicted molar refractivity (Wildman–Crippen MR) is 73.6 cm³/mol. The number of hydrogen-bond donors (Lipinski definition) is 1. The molecule has 0 fully saturated rings. The summed E-state index contributed by atoms with van der Waals surface area (Å²) in [4.78, 5) is 22.5. The molecule has 0 bridgehead atoms. The summed E-state index contributed by atoms with van der Waals surface area (Å²) in [7, 11) is 0. The van der Waals surface area contributed by atoms with Crippen molar-refractivity contribution in [1.82, 2.24) is 0 Å². The fourth-order valence-electron chi connectivity index (χ4n) is 1.43. The third-order valence-corrected chi connectivity index (χ3v) is 2.50. The van der Waals surface area contributed by atoms with Gasteiger partial charge in [-0.2, -0.15) is 0 Å². The molecule has 0 aliphatic heterocycles. The summed E-state index contributed by atoms with van der Waals surface area (Å²) in [6, 6.07) is 6.71. The van der Waals surface area contributed by atoms with Crippen molar-refractivity contribution in [3.8, 4) is 5.75 Å². The van der Waals surface area contributed by atoms with Gasteiger partial charge in [-0.3, -0.25) is 4.79 Å². The number of carboxylic acid groups (broad SMARTS) is 1. The van der Waals surface area contributed by atoms with Crippen LogP contribution in [0.5, 0.6) is 5.75 Å². The first-order chi connectivity index (χ1) is 9.35. The van der Waals surface area contributed by atoms with Crippen molar-refractivity contribution in [2.45, 2.75) is 25.9 Å². The Balaban J connectivity index is 2.73. The van der Waals surface area contributed by atoms with Gasteiger partial charge in [0, 0.05) is 0 Å². The number of carbonyl (C=O) groups is 2. The van der Waals surface area contributed by atoms with Gasteiger partial charge >= 0.3 is 11.9 Å². The van der Waals surface area contributed by atoms with Crippen molar-refractivity contribution in [2.75, 3.05) is 6.61 Å². The Morgan fingerprint density at radius 1 is 1.40 bits per heavy atom. The van der Waals surface area contributed by atoms with E-state index in [1.165, 1.54) is 19.9 Å². The lowest BCUT2D eigenvalue weighted by molar-refractivity contribution is -0.152. The highest BCUT2D eigenvalue weighted by atomic mass is 16.5. The van der Waals surface area contributed by atoms with Crippen LogP contribution < -0.4 is 4.74 Å². The molecule has 0 aromatic heterocycles. The van der Waals surface area contributed by atoms with Crippen molar-refractivity contribution in [3.63, 3.8) is 0 Å². The molecule has 1 aromatic carbocycles. The van der Waals surface area contributed by atoms with E-state index in [-0.39, 0.29) is 19.0 Å². The number of carboxylic acids is 1. The zero-order valence-corrected chi connectivity index (χ0v) is 11.6. The van der Waals surface area contributed by atoms with Gasteiger partial charge in [-0.15, -0.1) is 0 Å². The molecule has 0 heterocycles. The van der Waals surface area contributed by atoms with Gasteiger partial charge < -0.3 is 14.6 Å². The summed E-state index contributed by atoms with van der Waals surface area (Å²) in [6.07, 6.45) is 1.59. The van der Waals surface area contributed by atoms with Crippen molar-refractivity contribution < 1.29 is 24.2 Å². The van der Waals surface area contributed by atoms with Crippen LogP contribution in [0.1, 0.15) is 19.4 Å². The van der Waals surface area contributed by atoms with Crippen molar-refractivity contribution in [3.05, 3.63) is 42.5 Å². The highest BCUT2D eigenvalue weighted by molar-refractivity contribution is 5.77. The number of ether oxygens (including phenoxy) is 2. The molecule has 108 valence electrons. The summed E-state index contributed by atoms with van der Waals surface area (Å²) >= 11 is 0. The Morgan fingerprint density at radius 3 is 2.70 bits per heavy atom. The zero-order chi connectivity index (χ0) is 15.2. The number of rotatable bonds is 7. The predicted octanol–water partition coefficient (Wildman–Crippen LogP) is 2.20. The standard InChI is InChI=1S/C15H18O5/c1-4-8-19-13(16)10-11-6-5-7-12(9-11)20-15(2,3)14(17)18/h4-7,9H,1,8,10H2,2-3H3,(H,17,18). The van der Waals surface area contributed by atoms with Crippen LogP contribution in [0.2, 0.25) is 0 Å². The molecular formula is C15H18O5. The Bertz CT molecular complexity index is 505. The van der Waals surface area contributed by atoms with Crippen LogP contribution in [0, 0.1) is 0 Å². The number of aliphatic carboxylic acids is 1. The normalized spacial score (nSPS) is 10.7. The lowest BCUT2D eigenvalue weighted by Crippen LogP contribution is -2.37. The minimum atomic E-state index is -1.33. The SMILES string of the molecule is C=CCOC(=O)Cc1cccc(OC(C)(C)C(=O)O)c1. The number of hydrogen-bond acceptors (Lipinski definition) is 4. The van der Waals surface area contributed by atoms with Crippen molar-refractivity contribution in [2.24, 2.45) is 0 Å². The minimum Gasteiger partial charge on any atom is -0.478 e. The molecule has 0 saturated carbocycles. The van der Waals surface area contributed by atoms with Gasteiger partial charge in [0.05, 0.1) is 6.42 Å². The van der Waals surface area contributed by atoms with Crippen LogP contribution in [0.25, 0.3) is 0 Å². The summed E-state index contributed by atoms with van der Waals surface area (Å²) in [5.74, 6) is -1.04. The molecule has 0 unspecified atom stereocenters. The van der Waals surface area contributed by atoms with Gasteiger partial charge in [0.15, 0.2) is 5.60 Å². The van der Waals surface area contributed by atoms with E-state index in [1.807, 2.05) is 0 Å². The second-order valence-corrected chi connectivity index (χ2v) is 4.71. The van der Waals surface area contributed by atoms with E-state index in [0.29, 0.717) is 11.3 Å². The number of carbonyl (C=O) groups excluding carboxylic acids is 1. The van der Waals surface area contributed by atoms with Crippen LogP contribution in [0.3, 0.4) is 0 Å². The maximum Gasteiger partial charge on any atom is 0.347 e. The lowest BCUT2D eigenvalue weighted by Gasteiger charge is -2.21. The maximum atomic E-state index is 11.5. The van der Waals surface area contributed by atoms with Gasteiger partial charge in [0.1, 0.15) is 12.4 Å². The van der Waals surface area contributed by atoms with E-state index in [2.05, 4.69) is 6.58 Å². The molecule has 0 amide bonds. The summed E-state index contributed by atoms with van der Waals surface area (Å²) in [5.41, 5.74) is -0.639. The first-order valence-electron chi connectivity index (χ1n) is 6.13. The van der Waals surface area contributed by atoms with Gasteiger partial charge in [-0.05, 0) is 31.5 Å². The number of esters is 1. The van der Waals surface area contributed by atoms with E-state index < -0.39 is 11.6 Å². The molecule has 0 aliphatic rings. The smallest absolute Gasteiger partial charge is 0.347 e. The Labute approximate surface area is 117 Å². The van der Waals surface area contributed by atoms with Gasteiger partial charge in [0.25, 0.3) is 0 Å². The van der Waals surface area contributed by atoms with E-state index in [4.69, 9.17) is 14.6 Å². The van der Waals surface area contributed by atoms with E-state index in [0.717, 1.165) is 0 Å². The summed E-state index contributed by atoms with van der Waals surface area (Å²) in [6.45, 7) is 6.54. The largest absolute Gasteiger partial charge is 0.478 e.